The van der Waals surface area contributed by atoms with Crippen LogP contribution in [0.25, 0.3) is 5.65 Å². The number of carbonyl (C=O) groups is 1. The number of hydrogen-bond acceptors (Lipinski definition) is 5. The van der Waals surface area contributed by atoms with Crippen molar-refractivity contribution in [2.45, 2.75) is 13.0 Å². The van der Waals surface area contributed by atoms with E-state index in [4.69, 9.17) is 0 Å². The molecule has 0 bridgehead atoms. The highest BCUT2D eigenvalue weighted by atomic mass is 16.6. The Labute approximate surface area is 140 Å². The number of non-ortho nitro benzene ring substituents is 1. The predicted octanol–water partition coefficient (Wildman–Crippen LogP) is 0.994. The number of pyridine rings is 1. The van der Waals surface area contributed by atoms with Gasteiger partial charge in [-0.15, -0.1) is 5.10 Å². The third-order valence-electron chi connectivity index (χ3n) is 4.25. The van der Waals surface area contributed by atoms with Crippen LogP contribution in [0.2, 0.25) is 0 Å². The Morgan fingerprint density at radius 2 is 2.12 bits per heavy atom. The number of aromatic nitrogens is 3. The minimum absolute atomic E-state index is 0.0663. The van der Waals surface area contributed by atoms with Crippen molar-refractivity contribution in [1.82, 2.24) is 14.2 Å². The van der Waals surface area contributed by atoms with Crippen molar-refractivity contribution in [1.29, 1.82) is 0 Å². The maximum Gasteiger partial charge on any atom is 0.350 e. The molecule has 126 valence electrons. The third kappa shape index (κ3) is 2.45. The van der Waals surface area contributed by atoms with E-state index in [1.807, 2.05) is 0 Å². The fourth-order valence-corrected chi connectivity index (χ4v) is 3.02. The summed E-state index contributed by atoms with van der Waals surface area (Å²) >= 11 is 0. The second-order valence-corrected chi connectivity index (χ2v) is 5.73. The van der Waals surface area contributed by atoms with Crippen LogP contribution in [0.1, 0.15) is 5.56 Å². The van der Waals surface area contributed by atoms with Crippen molar-refractivity contribution in [2.24, 2.45) is 0 Å². The number of anilines is 1. The molecule has 9 nitrogen and oxygen atoms in total. The molecule has 2 aromatic heterocycles. The minimum atomic E-state index is -0.492. The molecule has 0 unspecified atom stereocenters. The van der Waals surface area contributed by atoms with Gasteiger partial charge in [0.25, 0.3) is 5.69 Å². The van der Waals surface area contributed by atoms with Crippen LogP contribution in [-0.2, 0) is 17.8 Å². The molecule has 0 aliphatic carbocycles. The molecule has 0 fully saturated rings. The molecule has 1 aliphatic heterocycles. The zero-order chi connectivity index (χ0) is 17.6. The molecule has 0 N–H and O–H groups in total. The van der Waals surface area contributed by atoms with Crippen molar-refractivity contribution in [2.75, 3.05) is 11.4 Å². The van der Waals surface area contributed by atoms with Crippen molar-refractivity contribution in [3.63, 3.8) is 0 Å². The van der Waals surface area contributed by atoms with E-state index in [1.165, 1.54) is 21.4 Å². The number of benzene rings is 1. The van der Waals surface area contributed by atoms with Crippen LogP contribution in [-0.4, -0.2) is 31.6 Å². The number of rotatable bonds is 3. The second-order valence-electron chi connectivity index (χ2n) is 5.73. The van der Waals surface area contributed by atoms with Gasteiger partial charge in [0.05, 0.1) is 10.6 Å². The van der Waals surface area contributed by atoms with E-state index >= 15 is 0 Å². The van der Waals surface area contributed by atoms with Gasteiger partial charge < -0.3 is 4.90 Å². The Balaban J connectivity index is 1.65. The summed E-state index contributed by atoms with van der Waals surface area (Å²) in [4.78, 5) is 36.8. The van der Waals surface area contributed by atoms with Gasteiger partial charge in [-0.3, -0.25) is 19.3 Å². The lowest BCUT2D eigenvalue weighted by Crippen LogP contribution is -2.35. The maximum absolute atomic E-state index is 12.6. The van der Waals surface area contributed by atoms with E-state index in [0.717, 1.165) is 10.2 Å². The van der Waals surface area contributed by atoms with Crippen LogP contribution < -0.4 is 10.6 Å². The number of nitro benzene ring substituents is 1. The van der Waals surface area contributed by atoms with Gasteiger partial charge in [-0.05, 0) is 24.1 Å². The van der Waals surface area contributed by atoms with Crippen LogP contribution in [0, 0.1) is 10.1 Å². The first-order chi connectivity index (χ1) is 12.0. The molecule has 0 saturated heterocycles. The standard InChI is InChI=1S/C16H13N5O4/c22-15(10-20-16(23)19-7-2-1-3-14(19)17-20)18-8-6-11-4-5-12(21(24)25)9-13(11)18/h1-5,7,9H,6,8,10H2. The van der Waals surface area contributed by atoms with Gasteiger partial charge in [0.15, 0.2) is 5.65 Å². The van der Waals surface area contributed by atoms with Gasteiger partial charge in [-0.1, -0.05) is 12.1 Å². The fraction of sp³-hybridized carbons (Fsp3) is 0.188. The van der Waals surface area contributed by atoms with E-state index in [-0.39, 0.29) is 18.1 Å². The summed E-state index contributed by atoms with van der Waals surface area (Å²) in [5, 5.41) is 15.1. The molecule has 0 atom stereocenters. The van der Waals surface area contributed by atoms with Gasteiger partial charge >= 0.3 is 5.69 Å². The molecular weight excluding hydrogens is 326 g/mol. The van der Waals surface area contributed by atoms with Gasteiger partial charge in [0.1, 0.15) is 6.54 Å². The average molecular weight is 339 g/mol. The first-order valence-electron chi connectivity index (χ1n) is 7.66. The molecule has 1 aromatic carbocycles. The SMILES string of the molecule is O=C(Cn1nc2ccccn2c1=O)N1CCc2ccc([N+](=O)[O-])cc21. The summed E-state index contributed by atoms with van der Waals surface area (Å²) < 4.78 is 2.46. The van der Waals surface area contributed by atoms with Gasteiger partial charge in [-0.2, -0.15) is 0 Å². The highest BCUT2D eigenvalue weighted by Crippen LogP contribution is 2.31. The number of amides is 1. The van der Waals surface area contributed by atoms with Crippen LogP contribution in [0.5, 0.6) is 0 Å². The molecule has 3 heterocycles. The number of carbonyl (C=O) groups excluding carboxylic acids is 1. The predicted molar refractivity (Wildman–Crippen MR) is 88.6 cm³/mol. The summed E-state index contributed by atoms with van der Waals surface area (Å²) in [6.45, 7) is 0.208. The van der Waals surface area contributed by atoms with Crippen molar-refractivity contribution >= 4 is 22.9 Å². The lowest BCUT2D eigenvalue weighted by atomic mass is 10.1. The smallest absolute Gasteiger partial charge is 0.310 e. The van der Waals surface area contributed by atoms with Gasteiger partial charge in [-0.25, -0.2) is 9.48 Å². The average Bonchev–Trinajstić information content (AvgIpc) is 3.16. The first-order valence-corrected chi connectivity index (χ1v) is 7.66. The molecule has 0 saturated carbocycles. The van der Waals surface area contributed by atoms with Crippen LogP contribution >= 0.6 is 0 Å². The summed E-state index contributed by atoms with van der Waals surface area (Å²) in [6.07, 6.45) is 2.21. The highest BCUT2D eigenvalue weighted by molar-refractivity contribution is 5.95. The van der Waals surface area contributed by atoms with E-state index < -0.39 is 10.6 Å². The Bertz CT molecular complexity index is 1070. The highest BCUT2D eigenvalue weighted by Gasteiger charge is 2.27. The second kappa shape index (κ2) is 5.55. The third-order valence-corrected chi connectivity index (χ3v) is 4.25. The zero-order valence-electron chi connectivity index (χ0n) is 13.0. The Kier molecular flexibility index (Phi) is 3.34. The Morgan fingerprint density at radius 1 is 1.28 bits per heavy atom. The zero-order valence-corrected chi connectivity index (χ0v) is 13.0. The first kappa shape index (κ1) is 15.1. The van der Waals surface area contributed by atoms with Gasteiger partial charge in [0, 0.05) is 24.9 Å². The van der Waals surface area contributed by atoms with E-state index in [9.17, 15) is 19.7 Å². The normalized spacial score (nSPS) is 13.2. The molecular formula is C16H13N5O4. The lowest BCUT2D eigenvalue weighted by Gasteiger charge is -2.16. The van der Waals surface area contributed by atoms with Crippen LogP contribution in [0.3, 0.4) is 0 Å². The molecule has 1 aliphatic rings. The topological polar surface area (TPSA) is 103 Å². The Morgan fingerprint density at radius 3 is 2.88 bits per heavy atom. The van der Waals surface area contributed by atoms with E-state index in [2.05, 4.69) is 5.10 Å². The number of hydrogen-bond donors (Lipinski definition) is 0. The summed E-state index contributed by atoms with van der Waals surface area (Å²) in [5.74, 6) is -0.329. The van der Waals surface area contributed by atoms with Crippen LogP contribution in [0.15, 0.2) is 47.4 Å². The number of fused-ring (bicyclic) bond motifs is 2. The summed E-state index contributed by atoms with van der Waals surface area (Å²) in [7, 11) is 0. The molecule has 3 aromatic rings. The van der Waals surface area contributed by atoms with Gasteiger partial charge in [0.2, 0.25) is 5.91 Å². The number of nitro groups is 1. The number of nitrogens with zero attached hydrogens (tertiary/aromatic N) is 5. The van der Waals surface area contributed by atoms with Crippen molar-refractivity contribution in [3.8, 4) is 0 Å². The monoisotopic (exact) mass is 339 g/mol. The lowest BCUT2D eigenvalue weighted by molar-refractivity contribution is -0.384. The maximum atomic E-state index is 12.6. The molecule has 4 rings (SSSR count). The quantitative estimate of drug-likeness (QED) is 0.523. The molecule has 1 amide bonds. The minimum Gasteiger partial charge on any atom is -0.310 e. The molecule has 25 heavy (non-hydrogen) atoms. The summed E-state index contributed by atoms with van der Waals surface area (Å²) in [6, 6.07) is 9.63. The van der Waals surface area contributed by atoms with Crippen LogP contribution in [0.4, 0.5) is 11.4 Å². The molecule has 9 heteroatoms. The van der Waals surface area contributed by atoms with E-state index in [0.29, 0.717) is 24.3 Å². The molecule has 0 spiro atoms. The van der Waals surface area contributed by atoms with Crippen molar-refractivity contribution < 1.29 is 9.72 Å². The summed E-state index contributed by atoms with van der Waals surface area (Å²) in [5.41, 5.74) is 1.39. The molecule has 0 radical (unpaired) electrons. The van der Waals surface area contributed by atoms with E-state index in [1.54, 1.807) is 30.5 Å². The fourth-order valence-electron chi connectivity index (χ4n) is 3.02. The Hall–Kier alpha value is -3.49. The van der Waals surface area contributed by atoms with Crippen molar-refractivity contribution in [3.05, 3.63) is 68.8 Å². The largest absolute Gasteiger partial charge is 0.350 e.